The van der Waals surface area contributed by atoms with Gasteiger partial charge in [0.05, 0.1) is 11.2 Å². The summed E-state index contributed by atoms with van der Waals surface area (Å²) in [5, 5.41) is 6.91. The van der Waals surface area contributed by atoms with Crippen LogP contribution in [0.4, 0.5) is 5.69 Å². The number of benzene rings is 1. The van der Waals surface area contributed by atoms with Gasteiger partial charge in [-0.2, -0.15) is 5.10 Å². The van der Waals surface area contributed by atoms with Gasteiger partial charge in [-0.05, 0) is 63.8 Å². The molecule has 1 aliphatic heterocycles. The number of anilines is 1. The molecule has 132 valence electrons. The molecule has 1 saturated heterocycles. The monoisotopic (exact) mass is 341 g/mol. The Morgan fingerprint density at radius 3 is 2.32 bits per heavy atom. The van der Waals surface area contributed by atoms with Crippen molar-refractivity contribution in [3.63, 3.8) is 0 Å². The first-order valence-electron chi connectivity index (χ1n) is 8.36. The smallest absolute Gasteiger partial charge is 0.399 e. The normalized spacial score (nSPS) is 18.4. The summed E-state index contributed by atoms with van der Waals surface area (Å²) in [5.74, 6) is -0.192. The molecule has 7 heteroatoms. The van der Waals surface area contributed by atoms with Crippen molar-refractivity contribution in [2.45, 2.75) is 45.8 Å². The Labute approximate surface area is 148 Å². The zero-order chi connectivity index (χ0) is 18.4. The van der Waals surface area contributed by atoms with E-state index in [4.69, 9.17) is 9.31 Å². The fourth-order valence-electron chi connectivity index (χ4n) is 2.78. The highest BCUT2D eigenvalue weighted by atomic mass is 16.7. The van der Waals surface area contributed by atoms with Gasteiger partial charge in [-0.1, -0.05) is 6.07 Å². The molecule has 0 radical (unpaired) electrons. The lowest BCUT2D eigenvalue weighted by Crippen LogP contribution is -2.41. The van der Waals surface area contributed by atoms with Crippen LogP contribution in [0.25, 0.3) is 0 Å². The van der Waals surface area contributed by atoms with Crippen molar-refractivity contribution in [3.05, 3.63) is 41.7 Å². The van der Waals surface area contributed by atoms with Crippen LogP contribution in [0.2, 0.25) is 0 Å². The largest absolute Gasteiger partial charge is 0.495 e. The molecule has 0 bridgehead atoms. The highest BCUT2D eigenvalue weighted by Gasteiger charge is 2.52. The summed E-state index contributed by atoms with van der Waals surface area (Å²) in [4.78, 5) is 12.3. The first-order chi connectivity index (χ1) is 11.6. The van der Waals surface area contributed by atoms with Crippen LogP contribution in [-0.4, -0.2) is 34.0 Å². The number of carbonyl (C=O) groups is 1. The summed E-state index contributed by atoms with van der Waals surface area (Å²) < 4.78 is 13.8. The van der Waals surface area contributed by atoms with Crippen molar-refractivity contribution in [1.29, 1.82) is 0 Å². The number of rotatable bonds is 3. The second-order valence-electron chi connectivity index (χ2n) is 7.45. The van der Waals surface area contributed by atoms with Gasteiger partial charge >= 0.3 is 7.12 Å². The van der Waals surface area contributed by atoms with E-state index in [-0.39, 0.29) is 17.1 Å². The topological polar surface area (TPSA) is 65.4 Å². The fraction of sp³-hybridized carbons (Fsp3) is 0.444. The van der Waals surface area contributed by atoms with Crippen molar-refractivity contribution < 1.29 is 14.1 Å². The summed E-state index contributed by atoms with van der Waals surface area (Å²) in [5.41, 5.74) is 2.45. The molecule has 0 aliphatic carbocycles. The first kappa shape index (κ1) is 17.7. The van der Waals surface area contributed by atoms with Gasteiger partial charge in [-0.25, -0.2) is 0 Å². The van der Waals surface area contributed by atoms with E-state index >= 15 is 0 Å². The zero-order valence-electron chi connectivity index (χ0n) is 15.6. The minimum Gasteiger partial charge on any atom is -0.399 e. The Morgan fingerprint density at radius 1 is 1.16 bits per heavy atom. The van der Waals surface area contributed by atoms with Gasteiger partial charge in [0.1, 0.15) is 5.69 Å². The molecule has 1 N–H and O–H groups in total. The Kier molecular flexibility index (Phi) is 4.25. The van der Waals surface area contributed by atoms with Gasteiger partial charge < -0.3 is 14.6 Å². The van der Waals surface area contributed by atoms with E-state index < -0.39 is 7.12 Å². The number of hydrogen-bond donors (Lipinski definition) is 1. The third-order valence-corrected chi connectivity index (χ3v) is 5.09. The average molecular weight is 341 g/mol. The molecule has 2 aromatic rings. The molecule has 2 heterocycles. The van der Waals surface area contributed by atoms with Gasteiger partial charge in [0.2, 0.25) is 0 Å². The molecule has 6 nitrogen and oxygen atoms in total. The minimum atomic E-state index is -0.410. The van der Waals surface area contributed by atoms with E-state index in [9.17, 15) is 4.79 Å². The van der Waals surface area contributed by atoms with Gasteiger partial charge in [0.15, 0.2) is 0 Å². The molecule has 0 saturated carbocycles. The Hall–Kier alpha value is -2.12. The predicted molar refractivity (Wildman–Crippen MR) is 98.1 cm³/mol. The average Bonchev–Trinajstić information content (AvgIpc) is 3.00. The number of carbonyl (C=O) groups excluding carboxylic acids is 1. The Morgan fingerprint density at radius 2 is 1.80 bits per heavy atom. The van der Waals surface area contributed by atoms with E-state index in [2.05, 4.69) is 10.4 Å². The summed E-state index contributed by atoms with van der Waals surface area (Å²) in [7, 11) is 1.33. The standard InChI is InChI=1S/C18H24BN3O3/c1-12-11-13(21-16(23)15-9-10-20-22(15)6)7-8-14(12)19-24-17(2,3)18(4,5)25-19/h7-11H,1-6H3,(H,21,23). The summed E-state index contributed by atoms with van der Waals surface area (Å²) in [6.45, 7) is 10.1. The summed E-state index contributed by atoms with van der Waals surface area (Å²) in [6.07, 6.45) is 1.60. The van der Waals surface area contributed by atoms with E-state index in [0.29, 0.717) is 5.69 Å². The number of nitrogens with zero attached hydrogens (tertiary/aromatic N) is 2. The molecular weight excluding hydrogens is 317 g/mol. The van der Waals surface area contributed by atoms with E-state index in [1.807, 2.05) is 52.8 Å². The number of hydrogen-bond acceptors (Lipinski definition) is 4. The summed E-state index contributed by atoms with van der Waals surface area (Å²) in [6, 6.07) is 7.41. The van der Waals surface area contributed by atoms with Gasteiger partial charge in [0.25, 0.3) is 5.91 Å². The van der Waals surface area contributed by atoms with E-state index in [0.717, 1.165) is 16.7 Å². The predicted octanol–water partition coefficient (Wildman–Crippen LogP) is 2.28. The number of aromatic nitrogens is 2. The zero-order valence-corrected chi connectivity index (χ0v) is 15.6. The molecular formula is C18H24BN3O3. The van der Waals surface area contributed by atoms with Crippen LogP contribution in [0.3, 0.4) is 0 Å². The third kappa shape index (κ3) is 3.21. The van der Waals surface area contributed by atoms with Crippen LogP contribution in [0, 0.1) is 6.92 Å². The third-order valence-electron chi connectivity index (χ3n) is 5.09. The van der Waals surface area contributed by atoms with Crippen molar-refractivity contribution in [2.75, 3.05) is 5.32 Å². The molecule has 25 heavy (non-hydrogen) atoms. The Balaban J connectivity index is 1.78. The maximum atomic E-state index is 12.3. The number of aryl methyl sites for hydroxylation is 2. The molecule has 3 rings (SSSR count). The SMILES string of the molecule is Cc1cc(NC(=O)c2ccnn2C)ccc1B1OC(C)(C)C(C)(C)O1. The van der Waals surface area contributed by atoms with Crippen LogP contribution >= 0.6 is 0 Å². The molecule has 1 amide bonds. The molecule has 0 atom stereocenters. The van der Waals surface area contributed by atoms with Crippen LogP contribution in [0.5, 0.6) is 0 Å². The maximum Gasteiger partial charge on any atom is 0.495 e. The molecule has 1 fully saturated rings. The van der Waals surface area contributed by atoms with Crippen LogP contribution in [-0.2, 0) is 16.4 Å². The number of nitrogens with one attached hydrogen (secondary N) is 1. The van der Waals surface area contributed by atoms with Crippen molar-refractivity contribution >= 4 is 24.2 Å². The Bertz CT molecular complexity index is 798. The number of amides is 1. The fourth-order valence-corrected chi connectivity index (χ4v) is 2.78. The van der Waals surface area contributed by atoms with Crippen molar-refractivity contribution in [3.8, 4) is 0 Å². The van der Waals surface area contributed by atoms with Crippen LogP contribution in [0.15, 0.2) is 30.5 Å². The summed E-state index contributed by atoms with van der Waals surface area (Å²) >= 11 is 0. The second kappa shape index (κ2) is 6.00. The lowest BCUT2D eigenvalue weighted by Gasteiger charge is -2.32. The molecule has 0 unspecified atom stereocenters. The van der Waals surface area contributed by atoms with Crippen LogP contribution < -0.4 is 10.8 Å². The maximum absolute atomic E-state index is 12.3. The minimum absolute atomic E-state index is 0.192. The lowest BCUT2D eigenvalue weighted by molar-refractivity contribution is 0.00578. The quantitative estimate of drug-likeness (QED) is 0.870. The van der Waals surface area contributed by atoms with E-state index in [1.165, 1.54) is 0 Å². The van der Waals surface area contributed by atoms with Crippen molar-refractivity contribution in [2.24, 2.45) is 7.05 Å². The lowest BCUT2D eigenvalue weighted by atomic mass is 9.76. The first-order valence-corrected chi connectivity index (χ1v) is 8.36. The second-order valence-corrected chi connectivity index (χ2v) is 7.45. The molecule has 1 aromatic heterocycles. The van der Waals surface area contributed by atoms with Gasteiger partial charge in [-0.3, -0.25) is 9.48 Å². The van der Waals surface area contributed by atoms with Crippen molar-refractivity contribution in [1.82, 2.24) is 9.78 Å². The molecule has 1 aliphatic rings. The van der Waals surface area contributed by atoms with Crippen LogP contribution in [0.1, 0.15) is 43.7 Å². The van der Waals surface area contributed by atoms with Gasteiger partial charge in [-0.15, -0.1) is 0 Å². The van der Waals surface area contributed by atoms with Gasteiger partial charge in [0, 0.05) is 18.9 Å². The molecule has 1 aromatic carbocycles. The van der Waals surface area contributed by atoms with E-state index in [1.54, 1.807) is 24.0 Å². The highest BCUT2D eigenvalue weighted by Crippen LogP contribution is 2.36. The molecule has 0 spiro atoms. The highest BCUT2D eigenvalue weighted by molar-refractivity contribution is 6.62.